The van der Waals surface area contributed by atoms with Crippen molar-refractivity contribution in [3.8, 4) is 0 Å². The van der Waals surface area contributed by atoms with Crippen LogP contribution < -0.4 is 0 Å². The molecule has 0 aliphatic carbocycles. The molecule has 4 nitrogen and oxygen atoms in total. The van der Waals surface area contributed by atoms with Gasteiger partial charge in [-0.2, -0.15) is 5.10 Å². The Morgan fingerprint density at radius 3 is 2.54 bits per heavy atom. The van der Waals surface area contributed by atoms with Gasteiger partial charge in [0.15, 0.2) is 5.15 Å². The van der Waals surface area contributed by atoms with Gasteiger partial charge in [0.25, 0.3) is 0 Å². The molecule has 0 aromatic carbocycles. The summed E-state index contributed by atoms with van der Waals surface area (Å²) in [7, 11) is 0. The van der Waals surface area contributed by atoms with Gasteiger partial charge in [0, 0.05) is 0 Å². The SMILES string of the molecule is CC(C(=O)O)c1ccc(Cl)nn1.[LiH]. The molecule has 0 bridgehead atoms. The van der Waals surface area contributed by atoms with E-state index < -0.39 is 11.9 Å². The Labute approximate surface area is 92.5 Å². The summed E-state index contributed by atoms with van der Waals surface area (Å²) < 4.78 is 0. The topological polar surface area (TPSA) is 63.1 Å². The number of carboxylic acids is 1. The predicted octanol–water partition coefficient (Wildman–Crippen LogP) is 0.670. The summed E-state index contributed by atoms with van der Waals surface area (Å²) in [6, 6.07) is 3.07. The summed E-state index contributed by atoms with van der Waals surface area (Å²) >= 11 is 5.47. The van der Waals surface area contributed by atoms with E-state index in [0.29, 0.717) is 5.69 Å². The summed E-state index contributed by atoms with van der Waals surface area (Å²) in [6.07, 6.45) is 0. The Hall–Kier alpha value is -0.563. The van der Waals surface area contributed by atoms with Gasteiger partial charge in [-0.15, -0.1) is 5.10 Å². The molecule has 0 aliphatic rings. The fourth-order valence-electron chi connectivity index (χ4n) is 0.684. The molecule has 66 valence electrons. The summed E-state index contributed by atoms with van der Waals surface area (Å²) in [5, 5.41) is 16.0. The molecule has 0 fully saturated rings. The van der Waals surface area contributed by atoms with Gasteiger partial charge in [-0.25, -0.2) is 0 Å². The van der Waals surface area contributed by atoms with Crippen LogP contribution in [0.3, 0.4) is 0 Å². The van der Waals surface area contributed by atoms with Crippen molar-refractivity contribution >= 4 is 36.4 Å². The van der Waals surface area contributed by atoms with Gasteiger partial charge in [0.1, 0.15) is 0 Å². The molecule has 1 heterocycles. The average molecular weight is 195 g/mol. The van der Waals surface area contributed by atoms with Crippen molar-refractivity contribution in [2.24, 2.45) is 0 Å². The molecular weight excluding hydrogens is 186 g/mol. The first kappa shape index (κ1) is 12.4. The number of carboxylic acid groups (broad SMARTS) is 1. The van der Waals surface area contributed by atoms with Gasteiger partial charge < -0.3 is 5.11 Å². The molecule has 1 aromatic heterocycles. The van der Waals surface area contributed by atoms with E-state index in [1.807, 2.05) is 0 Å². The van der Waals surface area contributed by atoms with E-state index in [0.717, 1.165) is 0 Å². The molecule has 6 heteroatoms. The Kier molecular flexibility index (Phi) is 5.00. The third-order valence-electron chi connectivity index (χ3n) is 1.47. The minimum atomic E-state index is -0.924. The molecule has 1 rings (SSSR count). The van der Waals surface area contributed by atoms with Crippen molar-refractivity contribution in [2.75, 3.05) is 0 Å². The maximum atomic E-state index is 10.5. The second-order valence-electron chi connectivity index (χ2n) is 2.34. The zero-order valence-electron chi connectivity index (χ0n) is 6.36. The van der Waals surface area contributed by atoms with Crippen LogP contribution in [0.15, 0.2) is 12.1 Å². The summed E-state index contributed by atoms with van der Waals surface area (Å²) in [6.45, 7) is 1.54. The standard InChI is InChI=1S/C7H7ClN2O2.Li.H/c1-4(7(11)12)5-2-3-6(8)10-9-5;;/h2-4H,1H3,(H,11,12);;. The van der Waals surface area contributed by atoms with E-state index in [4.69, 9.17) is 16.7 Å². The monoisotopic (exact) mass is 194 g/mol. The van der Waals surface area contributed by atoms with E-state index in [2.05, 4.69) is 10.2 Å². The molecule has 0 spiro atoms. The van der Waals surface area contributed by atoms with Gasteiger partial charge in [-0.05, 0) is 19.1 Å². The first-order valence-electron chi connectivity index (χ1n) is 3.33. The van der Waals surface area contributed by atoms with E-state index in [1.165, 1.54) is 6.07 Å². The Balaban J connectivity index is 0.00000144. The van der Waals surface area contributed by atoms with Gasteiger partial charge in [-0.1, -0.05) is 11.6 Å². The fourth-order valence-corrected chi connectivity index (χ4v) is 0.785. The summed E-state index contributed by atoms with van der Waals surface area (Å²) in [4.78, 5) is 10.5. The van der Waals surface area contributed by atoms with Crippen molar-refractivity contribution in [2.45, 2.75) is 12.8 Å². The normalized spacial score (nSPS) is 11.5. The average Bonchev–Trinajstić information content (AvgIpc) is 2.04. The predicted molar refractivity (Wildman–Crippen MR) is 50.2 cm³/mol. The number of aliphatic carboxylic acids is 1. The van der Waals surface area contributed by atoms with Crippen molar-refractivity contribution in [1.29, 1.82) is 0 Å². The molecule has 13 heavy (non-hydrogen) atoms. The first-order chi connectivity index (χ1) is 5.61. The van der Waals surface area contributed by atoms with Crippen molar-refractivity contribution in [3.63, 3.8) is 0 Å². The molecule has 0 amide bonds. The van der Waals surface area contributed by atoms with Gasteiger partial charge in [0.2, 0.25) is 0 Å². The van der Waals surface area contributed by atoms with Crippen LogP contribution in [0.2, 0.25) is 5.15 Å². The minimum absolute atomic E-state index is 0. The van der Waals surface area contributed by atoms with Crippen LogP contribution >= 0.6 is 11.6 Å². The number of halogens is 1. The number of aromatic nitrogens is 2. The second kappa shape index (κ2) is 5.23. The molecule has 0 saturated heterocycles. The maximum absolute atomic E-state index is 10.5. The quantitative estimate of drug-likeness (QED) is 0.703. The third-order valence-corrected chi connectivity index (χ3v) is 1.67. The van der Waals surface area contributed by atoms with Gasteiger partial charge >= 0.3 is 24.8 Å². The Bertz CT molecular complexity index is 291. The summed E-state index contributed by atoms with van der Waals surface area (Å²) in [5.74, 6) is -1.57. The molecule has 1 aromatic rings. The van der Waals surface area contributed by atoms with Crippen LogP contribution in [0.1, 0.15) is 18.5 Å². The van der Waals surface area contributed by atoms with E-state index in [-0.39, 0.29) is 24.0 Å². The molecule has 0 saturated carbocycles. The van der Waals surface area contributed by atoms with Crippen LogP contribution in [-0.4, -0.2) is 40.1 Å². The van der Waals surface area contributed by atoms with Gasteiger partial charge in [0.05, 0.1) is 11.6 Å². The van der Waals surface area contributed by atoms with Crippen LogP contribution in [0.25, 0.3) is 0 Å². The molecule has 1 N–H and O–H groups in total. The number of carbonyl (C=O) groups is 1. The Morgan fingerprint density at radius 2 is 2.15 bits per heavy atom. The van der Waals surface area contributed by atoms with Crippen LogP contribution in [0.4, 0.5) is 0 Å². The molecule has 0 aliphatic heterocycles. The molecule has 1 atom stereocenters. The first-order valence-corrected chi connectivity index (χ1v) is 3.71. The van der Waals surface area contributed by atoms with E-state index in [1.54, 1.807) is 13.0 Å². The zero-order chi connectivity index (χ0) is 9.14. The van der Waals surface area contributed by atoms with E-state index in [9.17, 15) is 4.79 Å². The van der Waals surface area contributed by atoms with Crippen molar-refractivity contribution in [1.82, 2.24) is 10.2 Å². The number of rotatable bonds is 2. The van der Waals surface area contributed by atoms with Crippen molar-refractivity contribution in [3.05, 3.63) is 23.0 Å². The molecule has 0 radical (unpaired) electrons. The van der Waals surface area contributed by atoms with Crippen molar-refractivity contribution < 1.29 is 9.90 Å². The zero-order valence-corrected chi connectivity index (χ0v) is 7.12. The number of hydrogen-bond acceptors (Lipinski definition) is 3. The van der Waals surface area contributed by atoms with Gasteiger partial charge in [-0.3, -0.25) is 4.79 Å². The summed E-state index contributed by atoms with van der Waals surface area (Å²) in [5.41, 5.74) is 0.409. The fraction of sp³-hybridized carbons (Fsp3) is 0.286. The number of hydrogen-bond donors (Lipinski definition) is 1. The third kappa shape index (κ3) is 3.35. The Morgan fingerprint density at radius 1 is 1.54 bits per heavy atom. The second-order valence-corrected chi connectivity index (χ2v) is 2.73. The van der Waals surface area contributed by atoms with E-state index >= 15 is 0 Å². The molecule has 1 unspecified atom stereocenters. The van der Waals surface area contributed by atoms with Crippen LogP contribution in [0.5, 0.6) is 0 Å². The molecular formula is C7H8ClLiN2O2. The van der Waals surface area contributed by atoms with Crippen LogP contribution in [-0.2, 0) is 4.79 Å². The number of nitrogens with zero attached hydrogens (tertiary/aromatic N) is 2. The van der Waals surface area contributed by atoms with Crippen LogP contribution in [0, 0.1) is 0 Å².